The van der Waals surface area contributed by atoms with Crippen molar-refractivity contribution >= 4 is 16.3 Å². The molecule has 2 heterocycles. The van der Waals surface area contributed by atoms with Crippen molar-refractivity contribution in [1.82, 2.24) is 9.38 Å². The molecule has 3 rings (SSSR count). The van der Waals surface area contributed by atoms with Crippen LogP contribution < -0.4 is 0 Å². The zero-order chi connectivity index (χ0) is 9.54. The van der Waals surface area contributed by atoms with E-state index < -0.39 is 0 Å². The molecule has 1 aliphatic rings. The fraction of sp³-hybridized carbons (Fsp3) is 0.500. The third kappa shape index (κ3) is 1.44. The Bertz CT molecular complexity index is 415. The molecule has 0 saturated heterocycles. The van der Waals surface area contributed by atoms with Gasteiger partial charge in [-0.25, -0.2) is 4.98 Å². The predicted molar refractivity (Wildman–Crippen MR) is 55.5 cm³/mol. The Kier molecular flexibility index (Phi) is 1.85. The number of rotatable bonds is 3. The van der Waals surface area contributed by atoms with E-state index in [9.17, 15) is 5.11 Å². The maximum Gasteiger partial charge on any atom is 0.193 e. The van der Waals surface area contributed by atoms with Crippen molar-refractivity contribution in [1.29, 1.82) is 0 Å². The first-order chi connectivity index (χ1) is 6.83. The number of aromatic nitrogens is 2. The summed E-state index contributed by atoms with van der Waals surface area (Å²) in [7, 11) is 0. The number of hydrogen-bond donors (Lipinski definition) is 1. The Morgan fingerprint density at radius 2 is 2.50 bits per heavy atom. The van der Waals surface area contributed by atoms with E-state index in [4.69, 9.17) is 0 Å². The summed E-state index contributed by atoms with van der Waals surface area (Å²) < 4.78 is 2.01. The smallest absolute Gasteiger partial charge is 0.193 e. The molecule has 0 aliphatic heterocycles. The minimum absolute atomic E-state index is 0.181. The molecule has 3 nitrogen and oxygen atoms in total. The van der Waals surface area contributed by atoms with Gasteiger partial charge >= 0.3 is 0 Å². The molecule has 1 saturated carbocycles. The third-order valence-corrected chi connectivity index (χ3v) is 3.50. The van der Waals surface area contributed by atoms with Crippen LogP contribution in [0.5, 0.6) is 0 Å². The second-order valence-corrected chi connectivity index (χ2v) is 4.81. The quantitative estimate of drug-likeness (QED) is 0.833. The lowest BCUT2D eigenvalue weighted by atomic mass is 10.1. The first-order valence-corrected chi connectivity index (χ1v) is 5.80. The van der Waals surface area contributed by atoms with Gasteiger partial charge in [-0.2, -0.15) is 0 Å². The van der Waals surface area contributed by atoms with E-state index in [1.54, 1.807) is 11.3 Å². The lowest BCUT2D eigenvalue weighted by Crippen LogP contribution is -2.12. The van der Waals surface area contributed by atoms with Crippen LogP contribution in [0.25, 0.3) is 4.96 Å². The van der Waals surface area contributed by atoms with E-state index in [2.05, 4.69) is 4.98 Å². The summed E-state index contributed by atoms with van der Waals surface area (Å²) in [6.07, 6.45) is 6.91. The molecule has 0 bridgehead atoms. The molecule has 0 spiro atoms. The zero-order valence-electron chi connectivity index (χ0n) is 7.76. The summed E-state index contributed by atoms with van der Waals surface area (Å²) >= 11 is 1.63. The Balaban J connectivity index is 1.80. The molecule has 1 atom stereocenters. The molecule has 2 aromatic rings. The van der Waals surface area contributed by atoms with Gasteiger partial charge in [0.1, 0.15) is 0 Å². The Morgan fingerprint density at radius 1 is 1.64 bits per heavy atom. The van der Waals surface area contributed by atoms with Crippen molar-refractivity contribution in [2.45, 2.75) is 25.4 Å². The maximum absolute atomic E-state index is 9.76. The summed E-state index contributed by atoms with van der Waals surface area (Å²) in [6, 6.07) is 0. The van der Waals surface area contributed by atoms with Crippen LogP contribution in [0.2, 0.25) is 0 Å². The minimum atomic E-state index is -0.181. The first-order valence-electron chi connectivity index (χ1n) is 4.92. The summed E-state index contributed by atoms with van der Waals surface area (Å²) in [5, 5.41) is 11.8. The van der Waals surface area contributed by atoms with Gasteiger partial charge in [0.2, 0.25) is 0 Å². The topological polar surface area (TPSA) is 37.5 Å². The molecule has 1 unspecified atom stereocenters. The highest BCUT2D eigenvalue weighted by Crippen LogP contribution is 2.33. The fourth-order valence-corrected chi connectivity index (χ4v) is 2.46. The van der Waals surface area contributed by atoms with Crippen molar-refractivity contribution in [2.75, 3.05) is 0 Å². The van der Waals surface area contributed by atoms with Gasteiger partial charge < -0.3 is 5.11 Å². The van der Waals surface area contributed by atoms with Crippen molar-refractivity contribution in [3.05, 3.63) is 23.5 Å². The van der Waals surface area contributed by atoms with E-state index >= 15 is 0 Å². The lowest BCUT2D eigenvalue weighted by molar-refractivity contribution is 0.150. The van der Waals surface area contributed by atoms with Crippen LogP contribution in [0.15, 0.2) is 17.8 Å². The van der Waals surface area contributed by atoms with Crippen LogP contribution in [0.3, 0.4) is 0 Å². The Hall–Kier alpha value is -0.870. The van der Waals surface area contributed by atoms with E-state index in [1.165, 1.54) is 12.8 Å². The SMILES string of the molecule is OC(Cc1cn2ccsc2n1)C1CC1. The van der Waals surface area contributed by atoms with E-state index in [0.29, 0.717) is 12.3 Å². The molecule has 4 heteroatoms. The summed E-state index contributed by atoms with van der Waals surface area (Å²) in [5.74, 6) is 0.537. The summed E-state index contributed by atoms with van der Waals surface area (Å²) in [6.45, 7) is 0. The number of nitrogens with zero attached hydrogens (tertiary/aromatic N) is 2. The number of thiazole rings is 1. The van der Waals surface area contributed by atoms with Crippen molar-refractivity contribution < 1.29 is 5.11 Å². The van der Waals surface area contributed by atoms with Crippen LogP contribution in [0, 0.1) is 5.92 Å². The van der Waals surface area contributed by atoms with E-state index in [1.807, 2.05) is 22.2 Å². The van der Waals surface area contributed by atoms with Crippen LogP contribution in [0.1, 0.15) is 18.5 Å². The highest BCUT2D eigenvalue weighted by Gasteiger charge is 2.30. The van der Waals surface area contributed by atoms with Gasteiger partial charge in [0.15, 0.2) is 4.96 Å². The largest absolute Gasteiger partial charge is 0.392 e. The van der Waals surface area contributed by atoms with Crippen LogP contribution in [-0.4, -0.2) is 20.6 Å². The molecule has 14 heavy (non-hydrogen) atoms. The maximum atomic E-state index is 9.76. The van der Waals surface area contributed by atoms with Gasteiger partial charge in [0.05, 0.1) is 11.8 Å². The summed E-state index contributed by atoms with van der Waals surface area (Å²) in [4.78, 5) is 5.46. The Labute approximate surface area is 86.0 Å². The highest BCUT2D eigenvalue weighted by atomic mass is 32.1. The third-order valence-electron chi connectivity index (χ3n) is 2.73. The number of aliphatic hydroxyl groups is 1. The van der Waals surface area contributed by atoms with Crippen LogP contribution in [-0.2, 0) is 6.42 Å². The first kappa shape index (κ1) is 8.44. The molecule has 0 radical (unpaired) electrons. The molecule has 0 amide bonds. The highest BCUT2D eigenvalue weighted by molar-refractivity contribution is 7.15. The second-order valence-electron chi connectivity index (χ2n) is 3.93. The molecule has 1 fully saturated rings. The molecule has 0 aromatic carbocycles. The average Bonchev–Trinajstić information content (AvgIpc) is 2.80. The van der Waals surface area contributed by atoms with Crippen molar-refractivity contribution in [2.24, 2.45) is 5.92 Å². The predicted octanol–water partition coefficient (Wildman–Crippen LogP) is 1.71. The monoisotopic (exact) mass is 208 g/mol. The molecule has 1 aliphatic carbocycles. The standard InChI is InChI=1S/C10H12N2OS/c13-9(7-1-2-7)5-8-6-12-3-4-14-10(12)11-8/h3-4,6-7,9,13H,1-2,5H2. The zero-order valence-corrected chi connectivity index (χ0v) is 8.57. The summed E-state index contributed by atoms with van der Waals surface area (Å²) in [5.41, 5.74) is 1.01. The van der Waals surface area contributed by atoms with Crippen LogP contribution in [0.4, 0.5) is 0 Å². The van der Waals surface area contributed by atoms with Gasteiger partial charge in [-0.15, -0.1) is 11.3 Å². The molecular weight excluding hydrogens is 196 g/mol. The fourth-order valence-electron chi connectivity index (χ4n) is 1.74. The number of imidazole rings is 1. The Morgan fingerprint density at radius 3 is 3.21 bits per heavy atom. The second kappa shape index (κ2) is 3.07. The number of fused-ring (bicyclic) bond motifs is 1. The van der Waals surface area contributed by atoms with Gasteiger partial charge in [0.25, 0.3) is 0 Å². The molecule has 1 N–H and O–H groups in total. The minimum Gasteiger partial charge on any atom is -0.392 e. The molecule has 74 valence electrons. The van der Waals surface area contributed by atoms with Gasteiger partial charge in [0, 0.05) is 24.2 Å². The van der Waals surface area contributed by atoms with Crippen molar-refractivity contribution in [3.63, 3.8) is 0 Å². The van der Waals surface area contributed by atoms with E-state index in [0.717, 1.165) is 10.7 Å². The lowest BCUT2D eigenvalue weighted by Gasteiger charge is -2.05. The van der Waals surface area contributed by atoms with Crippen molar-refractivity contribution in [3.8, 4) is 0 Å². The number of hydrogen-bond acceptors (Lipinski definition) is 3. The molecular formula is C10H12N2OS. The van der Waals surface area contributed by atoms with Gasteiger partial charge in [-0.05, 0) is 18.8 Å². The van der Waals surface area contributed by atoms with Crippen LogP contribution >= 0.6 is 11.3 Å². The normalized spacial score (nSPS) is 18.9. The average molecular weight is 208 g/mol. The molecule has 2 aromatic heterocycles. The van der Waals surface area contributed by atoms with Gasteiger partial charge in [-0.3, -0.25) is 4.40 Å². The van der Waals surface area contributed by atoms with E-state index in [-0.39, 0.29) is 6.10 Å². The van der Waals surface area contributed by atoms with Gasteiger partial charge in [-0.1, -0.05) is 0 Å². The number of aliphatic hydroxyl groups excluding tert-OH is 1.